The molecule has 0 aliphatic rings. The Hall–Kier alpha value is -0.610. The van der Waals surface area contributed by atoms with Gasteiger partial charge in [-0.3, -0.25) is 9.69 Å². The van der Waals surface area contributed by atoms with E-state index >= 15 is 0 Å². The molecule has 0 unspecified atom stereocenters. The highest BCUT2D eigenvalue weighted by Crippen LogP contribution is 2.07. The number of carbonyl (C=O) groups excluding carboxylic acids is 1. The van der Waals surface area contributed by atoms with Crippen molar-refractivity contribution in [1.82, 2.24) is 10.2 Å². The summed E-state index contributed by atoms with van der Waals surface area (Å²) >= 11 is 0. The van der Waals surface area contributed by atoms with Crippen molar-refractivity contribution in [2.24, 2.45) is 0 Å². The Kier molecular flexibility index (Phi) is 16.3. The molecule has 22 heavy (non-hydrogen) atoms. The van der Waals surface area contributed by atoms with E-state index in [-0.39, 0.29) is 5.91 Å². The number of aliphatic hydroxyl groups excluding tert-OH is 1. The molecule has 0 aromatic rings. The number of nitrogens with zero attached hydrogens (tertiary/aromatic N) is 1. The van der Waals surface area contributed by atoms with Crippen LogP contribution in [0.4, 0.5) is 0 Å². The van der Waals surface area contributed by atoms with E-state index < -0.39 is 0 Å². The Labute approximate surface area is 137 Å². The number of aliphatic hydroxyl groups is 1. The minimum absolute atomic E-state index is 0.191. The lowest BCUT2D eigenvalue weighted by Crippen LogP contribution is -2.38. The number of nitrogens with one attached hydrogen (secondary N) is 1. The third-order valence-electron chi connectivity index (χ3n) is 4.09. The summed E-state index contributed by atoms with van der Waals surface area (Å²) in [6.07, 6.45) is 12.4. The number of unbranched alkanes of at least 4 members (excludes halogenated alkanes) is 8. The molecule has 0 atom stereocenters. The maximum atomic E-state index is 11.7. The van der Waals surface area contributed by atoms with Crippen molar-refractivity contribution >= 4 is 5.91 Å². The van der Waals surface area contributed by atoms with Gasteiger partial charge in [0.05, 0.1) is 6.67 Å². The van der Waals surface area contributed by atoms with Crippen molar-refractivity contribution in [3.63, 3.8) is 0 Å². The largest absolute Gasteiger partial charge is 0.396 e. The predicted molar refractivity (Wildman–Crippen MR) is 93.8 cm³/mol. The number of amides is 1. The van der Waals surface area contributed by atoms with Crippen molar-refractivity contribution in [3.8, 4) is 0 Å². The molecule has 0 spiro atoms. The van der Waals surface area contributed by atoms with Gasteiger partial charge in [0.25, 0.3) is 0 Å². The van der Waals surface area contributed by atoms with Gasteiger partial charge in [-0.25, -0.2) is 0 Å². The predicted octanol–water partition coefficient (Wildman–Crippen LogP) is 3.69. The molecule has 0 aromatic carbocycles. The van der Waals surface area contributed by atoms with E-state index in [9.17, 15) is 4.79 Å². The molecule has 0 aromatic heterocycles. The van der Waals surface area contributed by atoms with E-state index in [2.05, 4.69) is 24.1 Å². The molecule has 2 N–H and O–H groups in total. The van der Waals surface area contributed by atoms with Crippen molar-refractivity contribution in [1.29, 1.82) is 0 Å². The zero-order chi connectivity index (χ0) is 16.5. The molecule has 4 nitrogen and oxygen atoms in total. The minimum atomic E-state index is 0.191. The Bertz CT molecular complexity index is 247. The van der Waals surface area contributed by atoms with Gasteiger partial charge in [-0.1, -0.05) is 58.8 Å². The second-order valence-corrected chi connectivity index (χ2v) is 6.12. The Morgan fingerprint density at radius 2 is 1.55 bits per heavy atom. The highest BCUT2D eigenvalue weighted by Gasteiger charge is 2.05. The first-order chi connectivity index (χ1) is 10.7. The molecule has 0 saturated heterocycles. The zero-order valence-electron chi connectivity index (χ0n) is 14.9. The van der Waals surface area contributed by atoms with Gasteiger partial charge >= 0.3 is 0 Å². The average molecular weight is 315 g/mol. The monoisotopic (exact) mass is 314 g/mol. The molecule has 0 radical (unpaired) electrons. The van der Waals surface area contributed by atoms with Crippen LogP contribution in [0, 0.1) is 0 Å². The van der Waals surface area contributed by atoms with Gasteiger partial charge < -0.3 is 10.4 Å². The Morgan fingerprint density at radius 1 is 0.909 bits per heavy atom. The van der Waals surface area contributed by atoms with Crippen LogP contribution in [0.3, 0.4) is 0 Å². The van der Waals surface area contributed by atoms with Crippen LogP contribution in [0.25, 0.3) is 0 Å². The van der Waals surface area contributed by atoms with E-state index in [1.54, 1.807) is 0 Å². The quantitative estimate of drug-likeness (QED) is 0.337. The van der Waals surface area contributed by atoms with Crippen molar-refractivity contribution in [2.75, 3.05) is 26.4 Å². The lowest BCUT2D eigenvalue weighted by atomic mass is 10.1. The van der Waals surface area contributed by atoms with Gasteiger partial charge in [0.1, 0.15) is 0 Å². The maximum absolute atomic E-state index is 11.7. The molecule has 4 heteroatoms. The molecular formula is C18H38N2O2. The van der Waals surface area contributed by atoms with E-state index in [4.69, 9.17) is 5.11 Å². The van der Waals surface area contributed by atoms with Crippen molar-refractivity contribution < 1.29 is 9.90 Å². The highest BCUT2D eigenvalue weighted by atomic mass is 16.2. The molecule has 1 amide bonds. The van der Waals surface area contributed by atoms with Crippen molar-refractivity contribution in [3.05, 3.63) is 0 Å². The third-order valence-corrected chi connectivity index (χ3v) is 4.09. The van der Waals surface area contributed by atoms with Crippen molar-refractivity contribution in [2.45, 2.75) is 84.5 Å². The second-order valence-electron chi connectivity index (χ2n) is 6.12. The highest BCUT2D eigenvalue weighted by molar-refractivity contribution is 5.75. The first-order valence-electron chi connectivity index (χ1n) is 9.34. The molecule has 0 fully saturated rings. The van der Waals surface area contributed by atoms with Gasteiger partial charge in [-0.05, 0) is 32.4 Å². The molecule has 0 rings (SSSR count). The lowest BCUT2D eigenvalue weighted by Gasteiger charge is -2.20. The SMILES string of the molecule is CCCCCC(=O)NCN(CC)CCCCCCCCCO. The zero-order valence-corrected chi connectivity index (χ0v) is 14.9. The van der Waals surface area contributed by atoms with Crippen LogP contribution >= 0.6 is 0 Å². The van der Waals surface area contributed by atoms with Crippen LogP contribution in [-0.4, -0.2) is 42.3 Å². The van der Waals surface area contributed by atoms with Crippen LogP contribution in [0.2, 0.25) is 0 Å². The number of hydrogen-bond donors (Lipinski definition) is 2. The fourth-order valence-corrected chi connectivity index (χ4v) is 2.50. The molecule has 0 bridgehead atoms. The fraction of sp³-hybridized carbons (Fsp3) is 0.944. The summed E-state index contributed by atoms with van der Waals surface area (Å²) in [4.78, 5) is 14.0. The van der Waals surface area contributed by atoms with E-state index in [1.807, 2.05) is 0 Å². The van der Waals surface area contributed by atoms with Gasteiger partial charge in [0.2, 0.25) is 5.91 Å². The van der Waals surface area contributed by atoms with Crippen LogP contribution in [0.5, 0.6) is 0 Å². The summed E-state index contributed by atoms with van der Waals surface area (Å²) in [5, 5.41) is 11.7. The summed E-state index contributed by atoms with van der Waals surface area (Å²) < 4.78 is 0. The topological polar surface area (TPSA) is 52.6 Å². The summed E-state index contributed by atoms with van der Waals surface area (Å²) in [6, 6.07) is 0. The van der Waals surface area contributed by atoms with Crippen LogP contribution in [0.1, 0.15) is 84.5 Å². The second kappa shape index (κ2) is 16.8. The smallest absolute Gasteiger partial charge is 0.220 e. The van der Waals surface area contributed by atoms with Crippen LogP contribution in [0.15, 0.2) is 0 Å². The third kappa shape index (κ3) is 14.3. The minimum Gasteiger partial charge on any atom is -0.396 e. The molecule has 0 heterocycles. The fourth-order valence-electron chi connectivity index (χ4n) is 2.50. The first kappa shape index (κ1) is 21.4. The number of carbonyl (C=O) groups is 1. The van der Waals surface area contributed by atoms with Gasteiger partial charge in [0.15, 0.2) is 0 Å². The number of rotatable bonds is 16. The van der Waals surface area contributed by atoms with Gasteiger partial charge in [-0.2, -0.15) is 0 Å². The molecule has 0 saturated carbocycles. The molecular weight excluding hydrogens is 276 g/mol. The first-order valence-corrected chi connectivity index (χ1v) is 9.34. The van der Waals surface area contributed by atoms with Gasteiger partial charge in [0, 0.05) is 13.0 Å². The summed E-state index contributed by atoms with van der Waals surface area (Å²) in [5.41, 5.74) is 0. The van der Waals surface area contributed by atoms with E-state index in [1.165, 1.54) is 32.1 Å². The standard InChI is InChI=1S/C18H38N2O2/c1-3-5-11-14-18(22)19-17-20(4-2)15-12-9-7-6-8-10-13-16-21/h21H,3-17H2,1-2H3,(H,19,22). The summed E-state index contributed by atoms with van der Waals surface area (Å²) in [7, 11) is 0. The summed E-state index contributed by atoms with van der Waals surface area (Å²) in [5.74, 6) is 0.191. The Morgan fingerprint density at radius 3 is 2.14 bits per heavy atom. The molecule has 0 aliphatic carbocycles. The average Bonchev–Trinajstić information content (AvgIpc) is 2.53. The van der Waals surface area contributed by atoms with Crippen LogP contribution in [-0.2, 0) is 4.79 Å². The molecule has 132 valence electrons. The van der Waals surface area contributed by atoms with E-state index in [0.29, 0.717) is 19.7 Å². The Balaban J connectivity index is 3.48. The summed E-state index contributed by atoms with van der Waals surface area (Å²) in [6.45, 7) is 7.39. The normalized spacial score (nSPS) is 11.1. The molecule has 0 aliphatic heterocycles. The van der Waals surface area contributed by atoms with Crippen LogP contribution < -0.4 is 5.32 Å². The van der Waals surface area contributed by atoms with Gasteiger partial charge in [-0.15, -0.1) is 0 Å². The maximum Gasteiger partial charge on any atom is 0.220 e. The number of hydrogen-bond acceptors (Lipinski definition) is 3. The van der Waals surface area contributed by atoms with E-state index in [0.717, 1.165) is 45.2 Å². The lowest BCUT2D eigenvalue weighted by molar-refractivity contribution is -0.121.